The molecule has 0 saturated carbocycles. The van der Waals surface area contributed by atoms with Gasteiger partial charge < -0.3 is 24.8 Å². The third-order valence-corrected chi connectivity index (χ3v) is 6.34. The van der Waals surface area contributed by atoms with E-state index in [-0.39, 0.29) is 25.3 Å². The number of fused-ring (bicyclic) bond motifs is 2. The van der Waals surface area contributed by atoms with Gasteiger partial charge in [-0.1, -0.05) is 24.3 Å². The highest BCUT2D eigenvalue weighted by atomic mass is 16.7. The summed E-state index contributed by atoms with van der Waals surface area (Å²) >= 11 is 0. The smallest absolute Gasteiger partial charge is 0.323 e. The highest BCUT2D eigenvalue weighted by Crippen LogP contribution is 2.33. The van der Waals surface area contributed by atoms with Crippen molar-refractivity contribution in [3.05, 3.63) is 82.9 Å². The fraction of sp³-hybridized carbons (Fsp3) is 0.269. The molecule has 1 aliphatic carbocycles. The van der Waals surface area contributed by atoms with Crippen LogP contribution >= 0.6 is 0 Å². The summed E-state index contributed by atoms with van der Waals surface area (Å²) < 4.78 is 17.0. The molecular weight excluding hydrogens is 432 g/mol. The number of hydrogen-bond acceptors (Lipinski definition) is 6. The van der Waals surface area contributed by atoms with Gasteiger partial charge in [0.05, 0.1) is 0 Å². The van der Waals surface area contributed by atoms with Gasteiger partial charge in [0.15, 0.2) is 11.5 Å². The van der Waals surface area contributed by atoms with Gasteiger partial charge in [-0.2, -0.15) is 0 Å². The molecule has 1 fully saturated rings. The third-order valence-electron chi connectivity index (χ3n) is 6.34. The molecule has 2 heterocycles. The maximum Gasteiger partial charge on any atom is 0.323 e. The molecule has 2 amide bonds. The number of carbonyl (C=O) groups excluding carboxylic acids is 1. The van der Waals surface area contributed by atoms with Crippen molar-refractivity contribution in [3.8, 4) is 11.5 Å². The Balaban J connectivity index is 1.06. The maximum atomic E-state index is 12.5. The molecule has 6 rings (SSSR count). The van der Waals surface area contributed by atoms with Crippen LogP contribution in [-0.4, -0.2) is 19.1 Å². The van der Waals surface area contributed by atoms with Crippen molar-refractivity contribution in [1.29, 1.82) is 0 Å². The Bertz CT molecular complexity index is 1230. The normalized spacial score (nSPS) is 20.2. The van der Waals surface area contributed by atoms with Crippen molar-refractivity contribution in [1.82, 2.24) is 10.9 Å². The van der Waals surface area contributed by atoms with E-state index >= 15 is 0 Å². The zero-order chi connectivity index (χ0) is 22.9. The van der Waals surface area contributed by atoms with Gasteiger partial charge in [-0.3, -0.25) is 0 Å². The van der Waals surface area contributed by atoms with Crippen molar-refractivity contribution in [3.63, 3.8) is 0 Å². The molecule has 3 aromatic carbocycles. The second kappa shape index (κ2) is 8.98. The summed E-state index contributed by atoms with van der Waals surface area (Å²) in [6.07, 6.45) is 3.51. The first-order chi connectivity index (χ1) is 16.7. The Morgan fingerprint density at radius 2 is 1.74 bits per heavy atom. The van der Waals surface area contributed by atoms with Gasteiger partial charge in [0.1, 0.15) is 12.5 Å². The number of aryl methyl sites for hydroxylation is 2. The van der Waals surface area contributed by atoms with E-state index in [2.05, 4.69) is 33.6 Å². The van der Waals surface area contributed by atoms with Crippen molar-refractivity contribution in [2.24, 2.45) is 0 Å². The van der Waals surface area contributed by atoms with E-state index in [4.69, 9.17) is 14.2 Å². The van der Waals surface area contributed by atoms with Crippen LogP contribution in [0.3, 0.4) is 0 Å². The predicted molar refractivity (Wildman–Crippen MR) is 128 cm³/mol. The van der Waals surface area contributed by atoms with E-state index < -0.39 is 0 Å². The minimum absolute atomic E-state index is 0.204. The average molecular weight is 459 g/mol. The first kappa shape index (κ1) is 21.0. The number of anilines is 2. The summed E-state index contributed by atoms with van der Waals surface area (Å²) in [5.74, 6) is 1.53. The number of ether oxygens (including phenoxy) is 3. The number of amides is 2. The van der Waals surface area contributed by atoms with E-state index in [0.717, 1.165) is 41.2 Å². The van der Waals surface area contributed by atoms with Gasteiger partial charge in [0.25, 0.3) is 0 Å². The van der Waals surface area contributed by atoms with Gasteiger partial charge >= 0.3 is 6.03 Å². The molecule has 2 atom stereocenters. The van der Waals surface area contributed by atoms with Crippen molar-refractivity contribution < 1.29 is 19.0 Å². The Labute approximate surface area is 197 Å². The fourth-order valence-corrected chi connectivity index (χ4v) is 4.67. The lowest BCUT2D eigenvalue weighted by Crippen LogP contribution is -2.32. The lowest BCUT2D eigenvalue weighted by atomic mass is 10.1. The second-order valence-corrected chi connectivity index (χ2v) is 8.73. The van der Waals surface area contributed by atoms with Gasteiger partial charge in [-0.25, -0.2) is 15.6 Å². The fourth-order valence-electron chi connectivity index (χ4n) is 4.67. The Morgan fingerprint density at radius 3 is 2.68 bits per heavy atom. The minimum atomic E-state index is -0.333. The Hall–Kier alpha value is -3.59. The lowest BCUT2D eigenvalue weighted by Gasteiger charge is -2.14. The van der Waals surface area contributed by atoms with Gasteiger partial charge in [-0.15, -0.1) is 0 Å². The Morgan fingerprint density at radius 1 is 0.882 bits per heavy atom. The zero-order valence-corrected chi connectivity index (χ0v) is 18.6. The average Bonchev–Trinajstić information content (AvgIpc) is 3.59. The molecule has 0 aromatic heterocycles. The number of benzene rings is 3. The van der Waals surface area contributed by atoms with Crippen LogP contribution in [-0.2, 0) is 24.0 Å². The van der Waals surface area contributed by atoms with Crippen LogP contribution in [0.15, 0.2) is 60.7 Å². The number of rotatable bonds is 5. The zero-order valence-electron chi connectivity index (χ0n) is 18.6. The molecule has 1 saturated heterocycles. The molecule has 0 radical (unpaired) electrons. The van der Waals surface area contributed by atoms with Crippen LogP contribution in [0.2, 0.25) is 0 Å². The second-order valence-electron chi connectivity index (χ2n) is 8.73. The number of hydrogen-bond donors (Lipinski definition) is 4. The van der Waals surface area contributed by atoms with Crippen molar-refractivity contribution >= 4 is 17.4 Å². The summed E-state index contributed by atoms with van der Waals surface area (Å²) in [6.45, 7) is 0.260. The summed E-state index contributed by atoms with van der Waals surface area (Å²) in [5, 5.41) is 5.85. The lowest BCUT2D eigenvalue weighted by molar-refractivity contribution is 0.0354. The van der Waals surface area contributed by atoms with Gasteiger partial charge in [0, 0.05) is 17.8 Å². The van der Waals surface area contributed by atoms with E-state index in [1.165, 1.54) is 17.5 Å². The first-order valence-electron chi connectivity index (χ1n) is 11.5. The summed E-state index contributed by atoms with van der Waals surface area (Å²) in [7, 11) is 0. The van der Waals surface area contributed by atoms with Crippen LogP contribution in [0.25, 0.3) is 0 Å². The molecule has 0 spiro atoms. The van der Waals surface area contributed by atoms with Crippen LogP contribution in [0.1, 0.15) is 34.9 Å². The van der Waals surface area contributed by atoms with Crippen LogP contribution < -0.4 is 31.0 Å². The monoisotopic (exact) mass is 458 g/mol. The van der Waals surface area contributed by atoms with Gasteiger partial charge in [-0.05, 0) is 77.9 Å². The highest BCUT2D eigenvalue weighted by Gasteiger charge is 2.26. The number of urea groups is 1. The van der Waals surface area contributed by atoms with E-state index in [0.29, 0.717) is 12.1 Å². The molecule has 34 heavy (non-hydrogen) atoms. The van der Waals surface area contributed by atoms with Gasteiger partial charge in [0.2, 0.25) is 6.79 Å². The summed E-state index contributed by atoms with van der Waals surface area (Å²) in [5.41, 5.74) is 12.6. The quantitative estimate of drug-likeness (QED) is 0.457. The summed E-state index contributed by atoms with van der Waals surface area (Å²) in [4.78, 5) is 12.5. The molecule has 8 nitrogen and oxygen atoms in total. The molecule has 4 N–H and O–H groups in total. The molecule has 2 unspecified atom stereocenters. The molecule has 3 aliphatic rings. The van der Waals surface area contributed by atoms with Crippen LogP contribution in [0, 0.1) is 0 Å². The minimum Gasteiger partial charge on any atom is -0.454 e. The predicted octanol–water partition coefficient (Wildman–Crippen LogP) is 4.24. The van der Waals surface area contributed by atoms with Crippen molar-refractivity contribution in [2.75, 3.05) is 17.4 Å². The van der Waals surface area contributed by atoms with E-state index in [1.807, 2.05) is 48.5 Å². The maximum absolute atomic E-state index is 12.5. The SMILES string of the molecule is O=C(Nc1cccc(C2NNC(Cc3ccc4c(c3)OCO4)O2)c1)Nc1ccc2c(c1)CCC2. The molecule has 2 aliphatic heterocycles. The number of carbonyl (C=O) groups is 1. The standard InChI is InChI=1S/C26H26N4O4/c31-26(28-21-9-8-17-3-1-4-18(17)13-21)27-20-6-2-5-19(14-20)25-30-29-24(34-25)12-16-7-10-22-23(11-16)33-15-32-22/h2,5-11,13-14,24-25,29-30H,1,3-4,12,15H2,(H2,27,28,31). The number of nitrogens with one attached hydrogen (secondary N) is 4. The van der Waals surface area contributed by atoms with E-state index in [1.54, 1.807) is 0 Å². The molecular formula is C26H26N4O4. The van der Waals surface area contributed by atoms with Crippen LogP contribution in [0.5, 0.6) is 11.5 Å². The third kappa shape index (κ3) is 4.43. The largest absolute Gasteiger partial charge is 0.454 e. The molecule has 0 bridgehead atoms. The highest BCUT2D eigenvalue weighted by molar-refractivity contribution is 5.99. The van der Waals surface area contributed by atoms with Crippen LogP contribution in [0.4, 0.5) is 16.2 Å². The number of hydrazine groups is 1. The first-order valence-corrected chi connectivity index (χ1v) is 11.5. The summed E-state index contributed by atoms with van der Waals surface area (Å²) in [6, 6.07) is 19.4. The molecule has 8 heteroatoms. The molecule has 174 valence electrons. The van der Waals surface area contributed by atoms with E-state index in [9.17, 15) is 4.79 Å². The Kier molecular flexibility index (Phi) is 5.54. The molecule has 3 aromatic rings. The van der Waals surface area contributed by atoms with Crippen molar-refractivity contribution in [2.45, 2.75) is 38.1 Å². The topological polar surface area (TPSA) is 92.9 Å².